The number of piperazine rings is 1. The van der Waals surface area contributed by atoms with Crippen LogP contribution in [0.25, 0.3) is 0 Å². The van der Waals surface area contributed by atoms with E-state index in [2.05, 4.69) is 0 Å². The van der Waals surface area contributed by atoms with Crippen molar-refractivity contribution in [3.63, 3.8) is 0 Å². The van der Waals surface area contributed by atoms with Gasteiger partial charge in [-0.3, -0.25) is 4.79 Å². The average Bonchev–Trinajstić information content (AvgIpc) is 3.02. The van der Waals surface area contributed by atoms with Crippen molar-refractivity contribution in [1.29, 1.82) is 0 Å². The van der Waals surface area contributed by atoms with Crippen molar-refractivity contribution in [2.45, 2.75) is 24.3 Å². The lowest BCUT2D eigenvalue weighted by Crippen LogP contribution is -2.52. The van der Waals surface area contributed by atoms with Crippen molar-refractivity contribution >= 4 is 27.3 Å². The molecule has 0 aliphatic carbocycles. The zero-order valence-electron chi connectivity index (χ0n) is 16.8. The fourth-order valence-corrected chi connectivity index (χ4v) is 4.80. The molecular formula is C21H25FN4O3S. The van der Waals surface area contributed by atoms with Crippen LogP contribution >= 0.6 is 0 Å². The van der Waals surface area contributed by atoms with Crippen LogP contribution in [0.3, 0.4) is 0 Å². The van der Waals surface area contributed by atoms with Gasteiger partial charge < -0.3 is 14.7 Å². The fourth-order valence-electron chi connectivity index (χ4n) is 4.24. The summed E-state index contributed by atoms with van der Waals surface area (Å²) in [6.07, 6.45) is 0.660. The van der Waals surface area contributed by atoms with E-state index in [1.165, 1.54) is 12.1 Å². The number of benzene rings is 2. The van der Waals surface area contributed by atoms with Crippen LogP contribution in [0, 0.1) is 5.82 Å². The van der Waals surface area contributed by atoms with Gasteiger partial charge in [-0.2, -0.15) is 0 Å². The number of hydrogen-bond acceptors (Lipinski definition) is 5. The first-order chi connectivity index (χ1) is 14.2. The van der Waals surface area contributed by atoms with E-state index < -0.39 is 10.0 Å². The van der Waals surface area contributed by atoms with Crippen LogP contribution in [0.2, 0.25) is 0 Å². The number of sulfonamides is 1. The average molecular weight is 433 g/mol. The predicted molar refractivity (Wildman–Crippen MR) is 114 cm³/mol. The number of anilines is 2. The molecule has 1 atom stereocenters. The standard InChI is InChI=1S/C21H25FN4O3S/c1-15-12-16-13-17(30(23,28)29)6-7-19(16)26(15)14-21(27)25-10-8-24(9-11-25)20-5-3-2-4-18(20)22/h2-7,13,15H,8-12,14H2,1H3,(H2,23,28,29)/t15-/m0/s1. The number of para-hydroxylation sites is 1. The smallest absolute Gasteiger partial charge is 0.242 e. The number of amides is 1. The van der Waals surface area contributed by atoms with Gasteiger partial charge in [0.25, 0.3) is 0 Å². The second-order valence-electron chi connectivity index (χ2n) is 7.84. The summed E-state index contributed by atoms with van der Waals surface area (Å²) >= 11 is 0. The van der Waals surface area contributed by atoms with Crippen LogP contribution < -0.4 is 14.9 Å². The van der Waals surface area contributed by atoms with E-state index in [-0.39, 0.29) is 29.2 Å². The normalized spacial score (nSPS) is 19.2. The highest BCUT2D eigenvalue weighted by atomic mass is 32.2. The van der Waals surface area contributed by atoms with E-state index in [1.54, 1.807) is 29.2 Å². The SMILES string of the molecule is C[C@H]1Cc2cc(S(N)(=O)=O)ccc2N1CC(=O)N1CCN(c2ccccc2F)CC1. The lowest BCUT2D eigenvalue weighted by molar-refractivity contribution is -0.130. The maximum atomic E-state index is 14.0. The summed E-state index contributed by atoms with van der Waals surface area (Å²) < 4.78 is 37.2. The Labute approximate surface area is 175 Å². The van der Waals surface area contributed by atoms with Crippen LogP contribution in [-0.2, 0) is 21.2 Å². The molecule has 7 nitrogen and oxygen atoms in total. The summed E-state index contributed by atoms with van der Waals surface area (Å²) in [4.78, 5) is 18.8. The van der Waals surface area contributed by atoms with Gasteiger partial charge in [0.1, 0.15) is 5.82 Å². The second kappa shape index (κ2) is 7.88. The molecule has 2 aliphatic heterocycles. The van der Waals surface area contributed by atoms with Gasteiger partial charge in [-0.1, -0.05) is 12.1 Å². The van der Waals surface area contributed by atoms with Gasteiger partial charge >= 0.3 is 0 Å². The van der Waals surface area contributed by atoms with Crippen molar-refractivity contribution in [2.75, 3.05) is 42.5 Å². The number of primary sulfonamides is 1. The molecule has 0 saturated carbocycles. The fraction of sp³-hybridized carbons (Fsp3) is 0.381. The van der Waals surface area contributed by atoms with Gasteiger partial charge in [0.2, 0.25) is 15.9 Å². The molecule has 1 saturated heterocycles. The molecule has 2 aromatic carbocycles. The van der Waals surface area contributed by atoms with Gasteiger partial charge in [0.15, 0.2) is 0 Å². The van der Waals surface area contributed by atoms with Gasteiger partial charge in [-0.05, 0) is 49.2 Å². The minimum Gasteiger partial charge on any atom is -0.366 e. The Morgan fingerprint density at radius 1 is 1.10 bits per heavy atom. The molecule has 4 rings (SSSR count). The molecule has 2 aromatic rings. The Morgan fingerprint density at radius 2 is 1.80 bits per heavy atom. The number of hydrogen-bond donors (Lipinski definition) is 1. The van der Waals surface area contributed by atoms with Crippen molar-refractivity contribution in [3.8, 4) is 0 Å². The molecule has 1 fully saturated rings. The number of nitrogens with zero attached hydrogens (tertiary/aromatic N) is 3. The molecule has 0 spiro atoms. The third-order valence-electron chi connectivity index (χ3n) is 5.87. The van der Waals surface area contributed by atoms with E-state index in [4.69, 9.17) is 5.14 Å². The molecule has 0 aromatic heterocycles. The Morgan fingerprint density at radius 3 is 2.47 bits per heavy atom. The van der Waals surface area contributed by atoms with Gasteiger partial charge in [-0.15, -0.1) is 0 Å². The Bertz CT molecular complexity index is 1070. The summed E-state index contributed by atoms with van der Waals surface area (Å²) in [7, 11) is -3.76. The molecule has 1 amide bonds. The summed E-state index contributed by atoms with van der Waals surface area (Å²) in [5.41, 5.74) is 2.32. The number of rotatable bonds is 4. The first-order valence-corrected chi connectivity index (χ1v) is 11.5. The molecule has 0 radical (unpaired) electrons. The minimum atomic E-state index is -3.76. The van der Waals surface area contributed by atoms with Crippen LogP contribution in [0.1, 0.15) is 12.5 Å². The summed E-state index contributed by atoms with van der Waals surface area (Å²) in [6, 6.07) is 11.6. The quantitative estimate of drug-likeness (QED) is 0.793. The predicted octanol–water partition coefficient (Wildman–Crippen LogP) is 1.57. The van der Waals surface area contributed by atoms with E-state index in [0.717, 1.165) is 11.3 Å². The molecule has 0 unspecified atom stereocenters. The van der Waals surface area contributed by atoms with Crippen LogP contribution in [0.15, 0.2) is 47.4 Å². The van der Waals surface area contributed by atoms with Crippen molar-refractivity contribution in [3.05, 3.63) is 53.8 Å². The van der Waals surface area contributed by atoms with Crippen LogP contribution in [0.4, 0.5) is 15.8 Å². The van der Waals surface area contributed by atoms with Gasteiger partial charge in [-0.25, -0.2) is 17.9 Å². The first-order valence-electron chi connectivity index (χ1n) is 9.93. The third-order valence-corrected chi connectivity index (χ3v) is 6.78. The number of nitrogens with two attached hydrogens (primary N) is 1. The molecule has 0 bridgehead atoms. The molecule has 9 heteroatoms. The maximum absolute atomic E-state index is 14.0. The highest BCUT2D eigenvalue weighted by Crippen LogP contribution is 2.33. The largest absolute Gasteiger partial charge is 0.366 e. The number of carbonyl (C=O) groups excluding carboxylic acids is 1. The summed E-state index contributed by atoms with van der Waals surface area (Å²) in [5.74, 6) is -0.239. The molecule has 2 aliphatic rings. The molecule has 2 heterocycles. The van der Waals surface area contributed by atoms with Crippen molar-refractivity contribution in [2.24, 2.45) is 5.14 Å². The lowest BCUT2D eigenvalue weighted by atomic mass is 10.1. The highest BCUT2D eigenvalue weighted by molar-refractivity contribution is 7.89. The minimum absolute atomic E-state index is 0.0124. The molecule has 30 heavy (non-hydrogen) atoms. The van der Waals surface area contributed by atoms with E-state index in [9.17, 15) is 17.6 Å². The second-order valence-corrected chi connectivity index (χ2v) is 9.40. The van der Waals surface area contributed by atoms with Gasteiger partial charge in [0.05, 0.1) is 17.1 Å². The zero-order chi connectivity index (χ0) is 21.5. The summed E-state index contributed by atoms with van der Waals surface area (Å²) in [5, 5.41) is 5.23. The highest BCUT2D eigenvalue weighted by Gasteiger charge is 2.31. The first kappa shape index (κ1) is 20.6. The maximum Gasteiger partial charge on any atom is 0.242 e. The van der Waals surface area contributed by atoms with E-state index >= 15 is 0 Å². The lowest BCUT2D eigenvalue weighted by Gasteiger charge is -2.37. The monoisotopic (exact) mass is 432 g/mol. The molecule has 160 valence electrons. The Hall–Kier alpha value is -2.65. The van der Waals surface area contributed by atoms with Crippen molar-refractivity contribution < 1.29 is 17.6 Å². The molecular weight excluding hydrogens is 407 g/mol. The third kappa shape index (κ3) is 3.99. The Balaban J connectivity index is 1.41. The van der Waals surface area contributed by atoms with Crippen LogP contribution in [-0.4, -0.2) is 58.0 Å². The number of fused-ring (bicyclic) bond motifs is 1. The summed E-state index contributed by atoms with van der Waals surface area (Å²) in [6.45, 7) is 4.47. The zero-order valence-corrected chi connectivity index (χ0v) is 17.6. The number of carbonyl (C=O) groups is 1. The van der Waals surface area contributed by atoms with E-state index in [0.29, 0.717) is 38.3 Å². The molecule has 2 N–H and O–H groups in total. The van der Waals surface area contributed by atoms with E-state index in [1.807, 2.05) is 22.8 Å². The van der Waals surface area contributed by atoms with Crippen molar-refractivity contribution in [1.82, 2.24) is 4.90 Å². The number of halogens is 1. The topological polar surface area (TPSA) is 86.9 Å². The van der Waals surface area contributed by atoms with Crippen LogP contribution in [0.5, 0.6) is 0 Å². The Kier molecular flexibility index (Phi) is 5.42. The van der Waals surface area contributed by atoms with Gasteiger partial charge in [0, 0.05) is 37.9 Å².